The van der Waals surface area contributed by atoms with E-state index in [1.807, 2.05) is 29.7 Å². The van der Waals surface area contributed by atoms with E-state index in [0.717, 1.165) is 41.2 Å². The van der Waals surface area contributed by atoms with E-state index < -0.39 is 0 Å². The van der Waals surface area contributed by atoms with E-state index in [1.165, 1.54) is 12.0 Å². The lowest BCUT2D eigenvalue weighted by Gasteiger charge is -2.38. The Labute approximate surface area is 157 Å². The summed E-state index contributed by atoms with van der Waals surface area (Å²) in [5.41, 5.74) is 10.8. The maximum Gasteiger partial charge on any atom is 0.168 e. The van der Waals surface area contributed by atoms with Crippen LogP contribution in [-0.4, -0.2) is 24.5 Å². The van der Waals surface area contributed by atoms with Crippen LogP contribution in [0.2, 0.25) is 0 Å². The van der Waals surface area contributed by atoms with Gasteiger partial charge in [0.05, 0.1) is 6.20 Å². The minimum absolute atomic E-state index is 0.169. The van der Waals surface area contributed by atoms with E-state index in [-0.39, 0.29) is 5.54 Å². The molecule has 1 saturated carbocycles. The molecule has 1 aliphatic carbocycles. The van der Waals surface area contributed by atoms with Crippen LogP contribution in [0.1, 0.15) is 30.7 Å². The molecule has 27 heavy (non-hydrogen) atoms. The van der Waals surface area contributed by atoms with Crippen LogP contribution < -0.4 is 5.73 Å². The third kappa shape index (κ3) is 2.61. The summed E-state index contributed by atoms with van der Waals surface area (Å²) in [5, 5.41) is 0. The lowest BCUT2D eigenvalue weighted by atomic mass is 9.73. The third-order valence-corrected chi connectivity index (χ3v) is 5.36. The predicted molar refractivity (Wildman–Crippen MR) is 104 cm³/mol. The number of aryl methyl sites for hydroxylation is 1. The van der Waals surface area contributed by atoms with Crippen LogP contribution in [0.25, 0.3) is 28.4 Å². The minimum Gasteiger partial charge on any atom is -0.321 e. The van der Waals surface area contributed by atoms with Crippen molar-refractivity contribution in [3.05, 3.63) is 66.2 Å². The van der Waals surface area contributed by atoms with Gasteiger partial charge in [-0.3, -0.25) is 9.55 Å². The Morgan fingerprint density at radius 1 is 1.00 bits per heavy atom. The molecular weight excluding hydrogens is 336 g/mol. The molecule has 0 atom stereocenters. The standard InChI is InChI=1S/C21H20N6/c1-14-24-13-18-20(25-14)27(19(26-18)17-5-2-3-12-23-17)16-8-6-15(7-9-16)21(22)10-4-11-21/h2-3,5-9,12-13H,4,10-11,22H2,1H3. The van der Waals surface area contributed by atoms with Gasteiger partial charge < -0.3 is 5.73 Å². The molecule has 6 heteroatoms. The van der Waals surface area contributed by atoms with Crippen LogP contribution in [0.5, 0.6) is 0 Å². The number of aromatic nitrogens is 5. The summed E-state index contributed by atoms with van der Waals surface area (Å²) in [6.07, 6.45) is 6.83. The molecule has 4 aromatic rings. The van der Waals surface area contributed by atoms with Crippen molar-refractivity contribution in [3.8, 4) is 17.2 Å². The lowest BCUT2D eigenvalue weighted by Crippen LogP contribution is -2.43. The molecule has 3 aromatic heterocycles. The second-order valence-corrected chi connectivity index (χ2v) is 7.17. The zero-order valence-electron chi connectivity index (χ0n) is 15.1. The Bertz CT molecular complexity index is 1110. The number of pyridine rings is 1. The summed E-state index contributed by atoms with van der Waals surface area (Å²) in [4.78, 5) is 18.2. The van der Waals surface area contributed by atoms with Crippen LogP contribution >= 0.6 is 0 Å². The van der Waals surface area contributed by atoms with Crippen LogP contribution in [0.3, 0.4) is 0 Å². The van der Waals surface area contributed by atoms with E-state index in [9.17, 15) is 0 Å². The summed E-state index contributed by atoms with van der Waals surface area (Å²) < 4.78 is 2.04. The van der Waals surface area contributed by atoms with Gasteiger partial charge in [-0.15, -0.1) is 0 Å². The van der Waals surface area contributed by atoms with Crippen molar-refractivity contribution in [2.75, 3.05) is 0 Å². The highest BCUT2D eigenvalue weighted by atomic mass is 15.2. The number of rotatable bonds is 3. The maximum atomic E-state index is 6.47. The summed E-state index contributed by atoms with van der Waals surface area (Å²) in [5.74, 6) is 1.47. The molecule has 0 amide bonds. The Morgan fingerprint density at radius 3 is 2.48 bits per heavy atom. The molecular formula is C21H20N6. The quantitative estimate of drug-likeness (QED) is 0.607. The first kappa shape index (κ1) is 16.1. The molecule has 3 heterocycles. The minimum atomic E-state index is -0.169. The summed E-state index contributed by atoms with van der Waals surface area (Å²) in [6, 6.07) is 14.2. The van der Waals surface area contributed by atoms with Gasteiger partial charge in [0.25, 0.3) is 0 Å². The van der Waals surface area contributed by atoms with Crippen molar-refractivity contribution in [3.63, 3.8) is 0 Å². The molecule has 1 aliphatic rings. The molecule has 2 N–H and O–H groups in total. The molecule has 0 saturated heterocycles. The summed E-state index contributed by atoms with van der Waals surface area (Å²) >= 11 is 0. The Morgan fingerprint density at radius 2 is 1.81 bits per heavy atom. The number of hydrogen-bond acceptors (Lipinski definition) is 5. The molecule has 0 unspecified atom stereocenters. The van der Waals surface area contributed by atoms with Crippen molar-refractivity contribution in [1.82, 2.24) is 24.5 Å². The first-order valence-corrected chi connectivity index (χ1v) is 9.17. The molecule has 5 rings (SSSR count). The highest BCUT2D eigenvalue weighted by Gasteiger charge is 2.34. The second kappa shape index (κ2) is 5.96. The van der Waals surface area contributed by atoms with Crippen molar-refractivity contribution in [1.29, 1.82) is 0 Å². The Hall–Kier alpha value is -3.12. The Kier molecular flexibility index (Phi) is 3.55. The van der Waals surface area contributed by atoms with Crippen LogP contribution in [0.15, 0.2) is 54.9 Å². The fourth-order valence-corrected chi connectivity index (χ4v) is 3.66. The maximum absolute atomic E-state index is 6.47. The zero-order chi connectivity index (χ0) is 18.4. The number of benzene rings is 1. The average Bonchev–Trinajstić information content (AvgIpc) is 3.05. The van der Waals surface area contributed by atoms with Gasteiger partial charge in [-0.2, -0.15) is 0 Å². The second-order valence-electron chi connectivity index (χ2n) is 7.17. The van der Waals surface area contributed by atoms with E-state index in [4.69, 9.17) is 10.7 Å². The zero-order valence-corrected chi connectivity index (χ0v) is 15.1. The van der Waals surface area contributed by atoms with Gasteiger partial charge in [0.15, 0.2) is 11.5 Å². The van der Waals surface area contributed by atoms with E-state index >= 15 is 0 Å². The van der Waals surface area contributed by atoms with Crippen molar-refractivity contribution in [2.24, 2.45) is 5.73 Å². The fourth-order valence-electron chi connectivity index (χ4n) is 3.66. The van der Waals surface area contributed by atoms with Crippen LogP contribution in [-0.2, 0) is 5.54 Å². The van der Waals surface area contributed by atoms with Gasteiger partial charge in [0.2, 0.25) is 0 Å². The molecule has 0 radical (unpaired) electrons. The fraction of sp³-hybridized carbons (Fsp3) is 0.238. The van der Waals surface area contributed by atoms with Gasteiger partial charge in [-0.05, 0) is 56.0 Å². The van der Waals surface area contributed by atoms with Gasteiger partial charge in [-0.25, -0.2) is 15.0 Å². The van der Waals surface area contributed by atoms with Crippen molar-refractivity contribution in [2.45, 2.75) is 31.7 Å². The number of nitrogens with two attached hydrogens (primary N) is 1. The van der Waals surface area contributed by atoms with Crippen molar-refractivity contribution < 1.29 is 0 Å². The molecule has 1 fully saturated rings. The molecule has 134 valence electrons. The number of imidazole rings is 1. The average molecular weight is 356 g/mol. The predicted octanol–water partition coefficient (Wildman–Crippen LogP) is 3.52. The van der Waals surface area contributed by atoms with Crippen molar-refractivity contribution >= 4 is 11.2 Å². The molecule has 6 nitrogen and oxygen atoms in total. The molecule has 0 spiro atoms. The largest absolute Gasteiger partial charge is 0.321 e. The first-order valence-electron chi connectivity index (χ1n) is 9.17. The third-order valence-electron chi connectivity index (χ3n) is 5.36. The summed E-state index contributed by atoms with van der Waals surface area (Å²) in [6.45, 7) is 1.88. The highest BCUT2D eigenvalue weighted by molar-refractivity contribution is 5.78. The topological polar surface area (TPSA) is 82.5 Å². The number of fused-ring (bicyclic) bond motifs is 1. The number of hydrogen-bond donors (Lipinski definition) is 1. The van der Waals surface area contributed by atoms with E-state index in [0.29, 0.717) is 5.82 Å². The molecule has 0 aliphatic heterocycles. The van der Waals surface area contributed by atoms with Gasteiger partial charge in [0.1, 0.15) is 17.0 Å². The van der Waals surface area contributed by atoms with Gasteiger partial charge >= 0.3 is 0 Å². The van der Waals surface area contributed by atoms with Gasteiger partial charge in [-0.1, -0.05) is 18.2 Å². The first-order chi connectivity index (χ1) is 13.1. The SMILES string of the molecule is Cc1ncc2nc(-c3ccccn3)n(-c3ccc(C4(N)CCC4)cc3)c2n1. The van der Waals surface area contributed by atoms with E-state index in [1.54, 1.807) is 12.4 Å². The Balaban J connectivity index is 1.70. The van der Waals surface area contributed by atoms with Crippen LogP contribution in [0.4, 0.5) is 0 Å². The summed E-state index contributed by atoms with van der Waals surface area (Å²) in [7, 11) is 0. The normalized spacial score (nSPS) is 15.6. The molecule has 0 bridgehead atoms. The van der Waals surface area contributed by atoms with E-state index in [2.05, 4.69) is 39.2 Å². The number of nitrogens with zero attached hydrogens (tertiary/aromatic N) is 5. The van der Waals surface area contributed by atoms with Gasteiger partial charge in [0, 0.05) is 17.4 Å². The highest BCUT2D eigenvalue weighted by Crippen LogP contribution is 2.39. The smallest absolute Gasteiger partial charge is 0.168 e. The lowest BCUT2D eigenvalue weighted by molar-refractivity contribution is 0.253. The van der Waals surface area contributed by atoms with Crippen LogP contribution in [0, 0.1) is 6.92 Å². The monoisotopic (exact) mass is 356 g/mol. The molecule has 1 aromatic carbocycles.